The van der Waals surface area contributed by atoms with Crippen LogP contribution in [0.5, 0.6) is 0 Å². The van der Waals surface area contributed by atoms with Crippen molar-refractivity contribution < 1.29 is 4.79 Å². The minimum Gasteiger partial charge on any atom is -0.366 e. The number of hydrogen-bond acceptors (Lipinski definition) is 3. The van der Waals surface area contributed by atoms with Crippen LogP contribution in [0.1, 0.15) is 42.5 Å². The Labute approximate surface area is 102 Å². The summed E-state index contributed by atoms with van der Waals surface area (Å²) in [5.41, 5.74) is 5.82. The van der Waals surface area contributed by atoms with Crippen LogP contribution < -0.4 is 10.6 Å². The minimum absolute atomic E-state index is 0.388. The molecule has 0 unspecified atom stereocenters. The fourth-order valence-corrected chi connectivity index (χ4v) is 2.22. The maximum Gasteiger partial charge on any atom is 0.248 e. The predicted molar refractivity (Wildman–Crippen MR) is 68.1 cm³/mol. The molecule has 1 amide bonds. The van der Waals surface area contributed by atoms with E-state index in [2.05, 4.69) is 9.88 Å². The van der Waals surface area contributed by atoms with E-state index in [1.165, 1.54) is 32.1 Å². The third-order valence-corrected chi connectivity index (χ3v) is 3.21. The number of rotatable bonds is 2. The van der Waals surface area contributed by atoms with Crippen LogP contribution in [0.2, 0.25) is 0 Å². The number of primary amides is 1. The van der Waals surface area contributed by atoms with Crippen molar-refractivity contribution in [2.75, 3.05) is 18.0 Å². The molecule has 0 atom stereocenters. The van der Waals surface area contributed by atoms with E-state index in [9.17, 15) is 4.79 Å². The van der Waals surface area contributed by atoms with E-state index >= 15 is 0 Å². The molecule has 4 heteroatoms. The summed E-state index contributed by atoms with van der Waals surface area (Å²) in [6, 6.07) is 3.46. The summed E-state index contributed by atoms with van der Waals surface area (Å²) < 4.78 is 0. The van der Waals surface area contributed by atoms with Gasteiger partial charge in [0, 0.05) is 24.8 Å². The number of nitrogens with zero attached hydrogens (tertiary/aromatic N) is 2. The predicted octanol–water partition coefficient (Wildman–Crippen LogP) is 1.95. The van der Waals surface area contributed by atoms with Crippen molar-refractivity contribution in [3.8, 4) is 0 Å². The van der Waals surface area contributed by atoms with Crippen molar-refractivity contribution >= 4 is 11.7 Å². The Kier molecular flexibility index (Phi) is 3.96. The molecule has 1 aliphatic heterocycles. The highest BCUT2D eigenvalue weighted by atomic mass is 16.1. The van der Waals surface area contributed by atoms with Crippen LogP contribution in [0.3, 0.4) is 0 Å². The topological polar surface area (TPSA) is 59.2 Å². The molecule has 0 aliphatic carbocycles. The van der Waals surface area contributed by atoms with Crippen LogP contribution in [0, 0.1) is 0 Å². The van der Waals surface area contributed by atoms with E-state index in [4.69, 9.17) is 5.73 Å². The Hall–Kier alpha value is -1.58. The Bertz CT molecular complexity index is 384. The van der Waals surface area contributed by atoms with Crippen LogP contribution in [0.4, 0.5) is 5.82 Å². The van der Waals surface area contributed by atoms with E-state index in [-0.39, 0.29) is 5.91 Å². The summed E-state index contributed by atoms with van der Waals surface area (Å²) in [7, 11) is 0. The van der Waals surface area contributed by atoms with Crippen LogP contribution in [0.25, 0.3) is 0 Å². The molecule has 1 aromatic rings. The van der Waals surface area contributed by atoms with Gasteiger partial charge in [-0.05, 0) is 25.0 Å². The molecule has 1 fully saturated rings. The molecular formula is C13H19N3O. The molecule has 1 aliphatic rings. The van der Waals surface area contributed by atoms with Gasteiger partial charge in [0.15, 0.2) is 0 Å². The van der Waals surface area contributed by atoms with E-state index in [0.717, 1.165) is 18.9 Å². The maximum atomic E-state index is 11.1. The van der Waals surface area contributed by atoms with E-state index in [0.29, 0.717) is 5.56 Å². The van der Waals surface area contributed by atoms with Gasteiger partial charge in [0.25, 0.3) is 0 Å². The number of hydrogen-bond donors (Lipinski definition) is 1. The fraction of sp³-hybridized carbons (Fsp3) is 0.538. The van der Waals surface area contributed by atoms with E-state index in [1.807, 2.05) is 0 Å². The zero-order valence-electron chi connectivity index (χ0n) is 10.1. The number of aromatic nitrogens is 1. The maximum absolute atomic E-state index is 11.1. The van der Waals surface area contributed by atoms with E-state index in [1.54, 1.807) is 18.3 Å². The SMILES string of the molecule is NC(=O)c1ccnc(N2CCCCCCC2)c1. The molecule has 0 saturated carbocycles. The number of pyridine rings is 1. The summed E-state index contributed by atoms with van der Waals surface area (Å²) >= 11 is 0. The lowest BCUT2D eigenvalue weighted by molar-refractivity contribution is 0.1000. The summed E-state index contributed by atoms with van der Waals surface area (Å²) in [5, 5.41) is 0. The number of carbonyl (C=O) groups excluding carboxylic acids is 1. The zero-order chi connectivity index (χ0) is 12.1. The Morgan fingerprint density at radius 1 is 1.18 bits per heavy atom. The number of amides is 1. The van der Waals surface area contributed by atoms with Gasteiger partial charge in [-0.1, -0.05) is 19.3 Å². The Balaban J connectivity index is 2.13. The highest BCUT2D eigenvalue weighted by molar-refractivity contribution is 5.93. The molecule has 0 aromatic carbocycles. The van der Waals surface area contributed by atoms with Gasteiger partial charge in [0.05, 0.1) is 0 Å². The van der Waals surface area contributed by atoms with Crippen molar-refractivity contribution in [3.63, 3.8) is 0 Å². The number of anilines is 1. The number of carbonyl (C=O) groups is 1. The van der Waals surface area contributed by atoms with Gasteiger partial charge in [-0.2, -0.15) is 0 Å². The molecule has 2 rings (SSSR count). The van der Waals surface area contributed by atoms with Crippen molar-refractivity contribution in [2.45, 2.75) is 32.1 Å². The lowest BCUT2D eigenvalue weighted by atomic mass is 10.1. The lowest BCUT2D eigenvalue weighted by Crippen LogP contribution is -2.28. The minimum atomic E-state index is -0.388. The quantitative estimate of drug-likeness (QED) is 0.849. The molecule has 2 heterocycles. The van der Waals surface area contributed by atoms with Gasteiger partial charge in [0.2, 0.25) is 5.91 Å². The van der Waals surface area contributed by atoms with Crippen LogP contribution in [0.15, 0.2) is 18.3 Å². The zero-order valence-corrected chi connectivity index (χ0v) is 10.1. The molecule has 2 N–H and O–H groups in total. The number of nitrogens with two attached hydrogens (primary N) is 1. The molecule has 0 spiro atoms. The van der Waals surface area contributed by atoms with Crippen molar-refractivity contribution in [1.29, 1.82) is 0 Å². The molecule has 1 saturated heterocycles. The third kappa shape index (κ3) is 3.19. The van der Waals surface area contributed by atoms with Gasteiger partial charge in [-0.25, -0.2) is 4.98 Å². The Morgan fingerprint density at radius 2 is 1.82 bits per heavy atom. The summed E-state index contributed by atoms with van der Waals surface area (Å²) in [5.74, 6) is 0.490. The molecular weight excluding hydrogens is 214 g/mol. The molecule has 92 valence electrons. The second kappa shape index (κ2) is 5.66. The van der Waals surface area contributed by atoms with Crippen molar-refractivity contribution in [3.05, 3.63) is 23.9 Å². The first kappa shape index (κ1) is 11.9. The highest BCUT2D eigenvalue weighted by Crippen LogP contribution is 2.17. The monoisotopic (exact) mass is 233 g/mol. The normalized spacial score (nSPS) is 17.3. The summed E-state index contributed by atoms with van der Waals surface area (Å²) in [4.78, 5) is 17.7. The largest absolute Gasteiger partial charge is 0.366 e. The average molecular weight is 233 g/mol. The van der Waals surface area contributed by atoms with Gasteiger partial charge < -0.3 is 10.6 Å². The van der Waals surface area contributed by atoms with Crippen LogP contribution in [-0.4, -0.2) is 24.0 Å². The first-order valence-electron chi connectivity index (χ1n) is 6.28. The Morgan fingerprint density at radius 3 is 2.47 bits per heavy atom. The van der Waals surface area contributed by atoms with Crippen molar-refractivity contribution in [2.24, 2.45) is 5.73 Å². The summed E-state index contributed by atoms with van der Waals surface area (Å²) in [6.45, 7) is 2.05. The van der Waals surface area contributed by atoms with Gasteiger partial charge in [-0.15, -0.1) is 0 Å². The second-order valence-electron chi connectivity index (χ2n) is 4.52. The lowest BCUT2D eigenvalue weighted by Gasteiger charge is -2.25. The summed E-state index contributed by atoms with van der Waals surface area (Å²) in [6.07, 6.45) is 7.96. The van der Waals surface area contributed by atoms with E-state index < -0.39 is 0 Å². The van der Waals surface area contributed by atoms with Crippen molar-refractivity contribution in [1.82, 2.24) is 4.98 Å². The van der Waals surface area contributed by atoms with Gasteiger partial charge in [-0.3, -0.25) is 4.79 Å². The standard InChI is InChI=1S/C13H19N3O/c14-13(17)11-6-7-15-12(10-11)16-8-4-2-1-3-5-9-16/h6-7,10H,1-5,8-9H2,(H2,14,17). The van der Waals surface area contributed by atoms with Crippen LogP contribution in [-0.2, 0) is 0 Å². The molecule has 1 aromatic heterocycles. The molecule has 17 heavy (non-hydrogen) atoms. The van der Waals surface area contributed by atoms with Gasteiger partial charge >= 0.3 is 0 Å². The molecule has 0 bridgehead atoms. The fourth-order valence-electron chi connectivity index (χ4n) is 2.22. The second-order valence-corrected chi connectivity index (χ2v) is 4.52. The third-order valence-electron chi connectivity index (χ3n) is 3.21. The molecule has 0 radical (unpaired) electrons. The smallest absolute Gasteiger partial charge is 0.248 e. The van der Waals surface area contributed by atoms with Gasteiger partial charge in [0.1, 0.15) is 5.82 Å². The molecule has 4 nitrogen and oxygen atoms in total. The highest BCUT2D eigenvalue weighted by Gasteiger charge is 2.11. The van der Waals surface area contributed by atoms with Crippen LogP contribution >= 0.6 is 0 Å². The first-order chi connectivity index (χ1) is 8.27. The average Bonchev–Trinajstić information content (AvgIpc) is 2.28. The first-order valence-corrected chi connectivity index (χ1v) is 6.28.